The van der Waals surface area contributed by atoms with Crippen molar-refractivity contribution in [2.24, 2.45) is 0 Å². The monoisotopic (exact) mass is 320 g/mol. The van der Waals surface area contributed by atoms with Gasteiger partial charge in [-0.3, -0.25) is 0 Å². The van der Waals surface area contributed by atoms with Crippen LogP contribution in [0.2, 0.25) is 0 Å². The summed E-state index contributed by atoms with van der Waals surface area (Å²) in [6.07, 6.45) is -0.741. The summed E-state index contributed by atoms with van der Waals surface area (Å²) in [6.45, 7) is 0.368. The third-order valence-electron chi connectivity index (χ3n) is 4.02. The molecule has 1 aliphatic heterocycles. The Labute approximate surface area is 139 Å². The number of carbonyl (C=O) groups is 1. The van der Waals surface area contributed by atoms with Crippen LogP contribution in [0.1, 0.15) is 5.56 Å². The van der Waals surface area contributed by atoms with Crippen LogP contribution in [0.4, 0.5) is 0 Å². The lowest BCUT2D eigenvalue weighted by Crippen LogP contribution is -2.37. The van der Waals surface area contributed by atoms with Crippen molar-refractivity contribution < 1.29 is 19.0 Å². The second-order valence-electron chi connectivity index (χ2n) is 5.61. The smallest absolute Gasteiger partial charge is 0.351 e. The number of esters is 1. The molecule has 0 amide bonds. The maximum absolute atomic E-state index is 12.3. The molecule has 1 unspecified atom stereocenters. The van der Waals surface area contributed by atoms with E-state index in [-0.39, 0.29) is 13.2 Å². The van der Waals surface area contributed by atoms with Gasteiger partial charge in [0.2, 0.25) is 6.10 Å². The Kier molecular flexibility index (Phi) is 3.79. The van der Waals surface area contributed by atoms with Gasteiger partial charge < -0.3 is 14.2 Å². The number of hydrogen-bond acceptors (Lipinski definition) is 4. The average molecular weight is 320 g/mol. The first-order chi connectivity index (χ1) is 11.8. The lowest BCUT2D eigenvalue weighted by molar-refractivity contribution is -0.155. The number of benzene rings is 3. The number of fused-ring (bicyclic) bond motifs is 2. The molecule has 0 fully saturated rings. The lowest BCUT2D eigenvalue weighted by atomic mass is 10.1. The summed E-state index contributed by atoms with van der Waals surface area (Å²) in [7, 11) is 0. The van der Waals surface area contributed by atoms with E-state index in [1.165, 1.54) is 0 Å². The van der Waals surface area contributed by atoms with Gasteiger partial charge in [0.25, 0.3) is 0 Å². The van der Waals surface area contributed by atoms with E-state index in [4.69, 9.17) is 14.2 Å². The number of rotatable bonds is 3. The van der Waals surface area contributed by atoms with Crippen molar-refractivity contribution in [2.75, 3.05) is 6.61 Å². The van der Waals surface area contributed by atoms with Gasteiger partial charge in [-0.1, -0.05) is 54.6 Å². The van der Waals surface area contributed by atoms with E-state index in [0.29, 0.717) is 11.5 Å². The highest BCUT2D eigenvalue weighted by molar-refractivity contribution is 5.85. The van der Waals surface area contributed by atoms with E-state index >= 15 is 0 Å². The van der Waals surface area contributed by atoms with Gasteiger partial charge in [0.1, 0.15) is 13.2 Å². The zero-order valence-electron chi connectivity index (χ0n) is 13.0. The van der Waals surface area contributed by atoms with Gasteiger partial charge in [-0.25, -0.2) is 4.79 Å². The van der Waals surface area contributed by atoms with Gasteiger partial charge in [-0.15, -0.1) is 0 Å². The molecule has 1 atom stereocenters. The Morgan fingerprint density at radius 1 is 0.958 bits per heavy atom. The molecular formula is C20H16O4. The van der Waals surface area contributed by atoms with E-state index < -0.39 is 12.1 Å². The van der Waals surface area contributed by atoms with Crippen molar-refractivity contribution in [3.63, 3.8) is 0 Å². The van der Waals surface area contributed by atoms with E-state index in [1.807, 2.05) is 60.7 Å². The van der Waals surface area contributed by atoms with Crippen LogP contribution in [0.15, 0.2) is 66.7 Å². The number of hydrogen-bond donors (Lipinski definition) is 0. The van der Waals surface area contributed by atoms with Crippen molar-refractivity contribution >= 4 is 16.7 Å². The van der Waals surface area contributed by atoms with E-state index in [1.54, 1.807) is 6.07 Å². The van der Waals surface area contributed by atoms with E-state index in [9.17, 15) is 4.79 Å². The summed E-state index contributed by atoms with van der Waals surface area (Å²) >= 11 is 0. The van der Waals surface area contributed by atoms with Crippen LogP contribution in [0.3, 0.4) is 0 Å². The molecule has 3 aromatic rings. The largest absolute Gasteiger partial charge is 0.485 e. The zero-order valence-corrected chi connectivity index (χ0v) is 13.0. The average Bonchev–Trinajstić information content (AvgIpc) is 2.65. The molecule has 0 radical (unpaired) electrons. The number of para-hydroxylation sites is 2. The molecule has 1 heterocycles. The molecule has 0 saturated carbocycles. The highest BCUT2D eigenvalue weighted by atomic mass is 16.6. The second-order valence-corrected chi connectivity index (χ2v) is 5.61. The minimum atomic E-state index is -0.741. The quantitative estimate of drug-likeness (QED) is 0.690. The summed E-state index contributed by atoms with van der Waals surface area (Å²) in [5, 5.41) is 2.20. The summed E-state index contributed by atoms with van der Waals surface area (Å²) in [5.74, 6) is 0.795. The highest BCUT2D eigenvalue weighted by Gasteiger charge is 2.28. The fourth-order valence-corrected chi connectivity index (χ4v) is 2.80. The molecule has 1 aliphatic rings. The van der Waals surface area contributed by atoms with Crippen molar-refractivity contribution in [3.8, 4) is 11.5 Å². The fourth-order valence-electron chi connectivity index (χ4n) is 2.80. The molecule has 0 N–H and O–H groups in total. The standard InChI is InChI=1S/C20H16O4/c21-20(19-13-22-17-10-3-4-11-18(17)24-19)23-12-15-8-5-7-14-6-1-2-9-16(14)15/h1-11,19H,12-13H2. The van der Waals surface area contributed by atoms with Crippen molar-refractivity contribution in [2.45, 2.75) is 12.7 Å². The molecule has 3 aromatic carbocycles. The Hall–Kier alpha value is -3.01. The minimum Gasteiger partial charge on any atom is -0.485 e. The van der Waals surface area contributed by atoms with Crippen LogP contribution in [-0.2, 0) is 16.1 Å². The summed E-state index contributed by atoms with van der Waals surface area (Å²) < 4.78 is 16.7. The molecular weight excluding hydrogens is 304 g/mol. The van der Waals surface area contributed by atoms with Crippen LogP contribution in [-0.4, -0.2) is 18.7 Å². The maximum atomic E-state index is 12.3. The van der Waals surface area contributed by atoms with Gasteiger partial charge in [-0.2, -0.15) is 0 Å². The van der Waals surface area contributed by atoms with Crippen LogP contribution < -0.4 is 9.47 Å². The number of ether oxygens (including phenoxy) is 3. The molecule has 0 aliphatic carbocycles. The summed E-state index contributed by atoms with van der Waals surface area (Å²) in [6, 6.07) is 21.3. The molecule has 0 aromatic heterocycles. The van der Waals surface area contributed by atoms with Gasteiger partial charge in [0, 0.05) is 0 Å². The van der Waals surface area contributed by atoms with Crippen LogP contribution in [0.5, 0.6) is 11.5 Å². The SMILES string of the molecule is O=C(OCc1cccc2ccccc12)C1COc2ccccc2O1. The first-order valence-corrected chi connectivity index (χ1v) is 7.83. The van der Waals surface area contributed by atoms with Crippen molar-refractivity contribution in [1.82, 2.24) is 0 Å². The Morgan fingerprint density at radius 3 is 2.62 bits per heavy atom. The minimum absolute atomic E-state index is 0.158. The van der Waals surface area contributed by atoms with Gasteiger partial charge in [0.05, 0.1) is 0 Å². The highest BCUT2D eigenvalue weighted by Crippen LogP contribution is 2.31. The zero-order chi connectivity index (χ0) is 16.4. The third-order valence-corrected chi connectivity index (χ3v) is 4.02. The molecule has 120 valence electrons. The summed E-state index contributed by atoms with van der Waals surface area (Å²) in [4.78, 5) is 12.3. The van der Waals surface area contributed by atoms with Gasteiger partial charge in [-0.05, 0) is 28.5 Å². The normalized spacial score (nSPS) is 15.9. The van der Waals surface area contributed by atoms with Crippen LogP contribution in [0.25, 0.3) is 10.8 Å². The van der Waals surface area contributed by atoms with E-state index in [0.717, 1.165) is 16.3 Å². The van der Waals surface area contributed by atoms with Crippen molar-refractivity contribution in [3.05, 3.63) is 72.3 Å². The first-order valence-electron chi connectivity index (χ1n) is 7.83. The third kappa shape index (κ3) is 2.78. The van der Waals surface area contributed by atoms with Gasteiger partial charge >= 0.3 is 5.97 Å². The Balaban J connectivity index is 1.45. The molecule has 0 saturated heterocycles. The van der Waals surface area contributed by atoms with E-state index in [2.05, 4.69) is 0 Å². The molecule has 0 bridgehead atoms. The molecule has 4 nitrogen and oxygen atoms in total. The van der Waals surface area contributed by atoms with Crippen LogP contribution in [0, 0.1) is 0 Å². The van der Waals surface area contributed by atoms with Crippen LogP contribution >= 0.6 is 0 Å². The lowest BCUT2D eigenvalue weighted by Gasteiger charge is -2.25. The van der Waals surface area contributed by atoms with Gasteiger partial charge in [0.15, 0.2) is 11.5 Å². The maximum Gasteiger partial charge on any atom is 0.351 e. The molecule has 4 heteroatoms. The Bertz CT molecular complexity index is 882. The molecule has 4 rings (SSSR count). The predicted molar refractivity (Wildman–Crippen MR) is 90.1 cm³/mol. The summed E-state index contributed by atoms with van der Waals surface area (Å²) in [5.41, 5.74) is 0.971. The molecule has 0 spiro atoms. The van der Waals surface area contributed by atoms with Crippen molar-refractivity contribution in [1.29, 1.82) is 0 Å². The molecule has 24 heavy (non-hydrogen) atoms. The number of carbonyl (C=O) groups excluding carboxylic acids is 1. The topological polar surface area (TPSA) is 44.8 Å². The Morgan fingerprint density at radius 2 is 1.71 bits per heavy atom. The first kappa shape index (κ1) is 14.6. The second kappa shape index (κ2) is 6.24. The predicted octanol–water partition coefficient (Wildman–Crippen LogP) is 3.72. The fraction of sp³-hybridized carbons (Fsp3) is 0.150.